The number of carbonyl (C=O) groups excluding carboxylic acids is 2. The SMILES string of the molecule is COc1ccc(CNC(=O)[C@H](CSCC2CCCCC2)NC(=O)[C@@H]2CSC(c3ccccc3)N2)cc1. The van der Waals surface area contributed by atoms with E-state index in [9.17, 15) is 9.59 Å². The number of hydrogen-bond donors (Lipinski definition) is 3. The summed E-state index contributed by atoms with van der Waals surface area (Å²) in [6.07, 6.45) is 6.50. The first-order valence-electron chi connectivity index (χ1n) is 12.8. The number of amides is 2. The molecule has 3 atom stereocenters. The number of benzene rings is 2. The van der Waals surface area contributed by atoms with E-state index in [0.717, 1.165) is 28.5 Å². The highest BCUT2D eigenvalue weighted by molar-refractivity contribution is 7.99. The van der Waals surface area contributed by atoms with Gasteiger partial charge in [0.25, 0.3) is 0 Å². The maximum absolute atomic E-state index is 13.2. The molecule has 2 fully saturated rings. The van der Waals surface area contributed by atoms with Gasteiger partial charge in [-0.05, 0) is 47.8 Å². The van der Waals surface area contributed by atoms with Gasteiger partial charge in [-0.3, -0.25) is 14.9 Å². The third kappa shape index (κ3) is 7.92. The van der Waals surface area contributed by atoms with E-state index in [1.54, 1.807) is 30.6 Å². The Morgan fingerprint density at radius 2 is 1.83 bits per heavy atom. The van der Waals surface area contributed by atoms with E-state index in [-0.39, 0.29) is 23.2 Å². The van der Waals surface area contributed by atoms with Crippen molar-refractivity contribution >= 4 is 35.3 Å². The van der Waals surface area contributed by atoms with Crippen LogP contribution >= 0.6 is 23.5 Å². The number of methoxy groups -OCH3 is 1. The van der Waals surface area contributed by atoms with Gasteiger partial charge in [0.1, 0.15) is 11.8 Å². The molecule has 8 heteroatoms. The molecule has 3 N–H and O–H groups in total. The number of rotatable bonds is 11. The Labute approximate surface area is 223 Å². The van der Waals surface area contributed by atoms with Crippen molar-refractivity contribution in [2.75, 3.05) is 24.4 Å². The summed E-state index contributed by atoms with van der Waals surface area (Å²) in [6, 6.07) is 16.9. The van der Waals surface area contributed by atoms with Crippen molar-refractivity contribution < 1.29 is 14.3 Å². The predicted octanol–water partition coefficient (Wildman–Crippen LogP) is 4.51. The molecule has 0 bridgehead atoms. The average molecular weight is 528 g/mol. The predicted molar refractivity (Wildman–Crippen MR) is 149 cm³/mol. The van der Waals surface area contributed by atoms with Gasteiger partial charge in [0.2, 0.25) is 11.8 Å². The van der Waals surface area contributed by atoms with E-state index < -0.39 is 6.04 Å². The van der Waals surface area contributed by atoms with Gasteiger partial charge in [0.15, 0.2) is 0 Å². The van der Waals surface area contributed by atoms with E-state index in [1.807, 2.05) is 42.5 Å². The van der Waals surface area contributed by atoms with Crippen LogP contribution in [0.15, 0.2) is 54.6 Å². The van der Waals surface area contributed by atoms with E-state index in [0.29, 0.717) is 18.1 Å². The fraction of sp³-hybridized carbons (Fsp3) is 0.500. The molecule has 0 radical (unpaired) electrons. The number of carbonyl (C=O) groups is 2. The monoisotopic (exact) mass is 527 g/mol. The Balaban J connectivity index is 1.32. The molecule has 1 aliphatic heterocycles. The van der Waals surface area contributed by atoms with Gasteiger partial charge in [-0.1, -0.05) is 61.7 Å². The van der Waals surface area contributed by atoms with Crippen LogP contribution < -0.4 is 20.7 Å². The van der Waals surface area contributed by atoms with Crippen molar-refractivity contribution in [1.29, 1.82) is 0 Å². The lowest BCUT2D eigenvalue weighted by atomic mass is 9.91. The minimum atomic E-state index is -0.563. The lowest BCUT2D eigenvalue weighted by Crippen LogP contribution is -2.53. The highest BCUT2D eigenvalue weighted by Gasteiger charge is 2.32. The van der Waals surface area contributed by atoms with E-state index in [1.165, 1.54) is 32.1 Å². The highest BCUT2D eigenvalue weighted by atomic mass is 32.2. The fourth-order valence-electron chi connectivity index (χ4n) is 4.66. The second-order valence-corrected chi connectivity index (χ2v) is 11.7. The van der Waals surface area contributed by atoms with Crippen molar-refractivity contribution in [3.8, 4) is 5.75 Å². The van der Waals surface area contributed by atoms with Crippen LogP contribution in [0.4, 0.5) is 0 Å². The Morgan fingerprint density at radius 3 is 2.56 bits per heavy atom. The van der Waals surface area contributed by atoms with Crippen molar-refractivity contribution in [1.82, 2.24) is 16.0 Å². The molecule has 1 heterocycles. The third-order valence-electron chi connectivity index (χ3n) is 6.82. The van der Waals surface area contributed by atoms with Crippen molar-refractivity contribution in [3.05, 3.63) is 65.7 Å². The summed E-state index contributed by atoms with van der Waals surface area (Å²) in [5, 5.41) is 9.59. The van der Waals surface area contributed by atoms with Crippen LogP contribution in [0.25, 0.3) is 0 Å². The molecule has 36 heavy (non-hydrogen) atoms. The number of ether oxygens (including phenoxy) is 1. The molecule has 194 valence electrons. The van der Waals surface area contributed by atoms with Gasteiger partial charge in [-0.25, -0.2) is 0 Å². The smallest absolute Gasteiger partial charge is 0.243 e. The Morgan fingerprint density at radius 1 is 1.08 bits per heavy atom. The van der Waals surface area contributed by atoms with Crippen LogP contribution in [0.5, 0.6) is 5.75 Å². The second kappa shape index (κ2) is 14.0. The Hall–Kier alpha value is -2.16. The van der Waals surface area contributed by atoms with Crippen LogP contribution in [0.1, 0.15) is 48.6 Å². The van der Waals surface area contributed by atoms with Crippen molar-refractivity contribution in [3.63, 3.8) is 0 Å². The number of nitrogens with one attached hydrogen (secondary N) is 3. The normalized spacial score (nSPS) is 21.0. The van der Waals surface area contributed by atoms with Gasteiger partial charge in [0, 0.05) is 18.1 Å². The van der Waals surface area contributed by atoms with Crippen LogP contribution in [0.2, 0.25) is 0 Å². The van der Waals surface area contributed by atoms with Crippen LogP contribution in [0, 0.1) is 5.92 Å². The molecule has 4 rings (SSSR count). The first kappa shape index (κ1) is 26.9. The molecule has 0 aromatic heterocycles. The summed E-state index contributed by atoms with van der Waals surface area (Å²) in [7, 11) is 1.63. The van der Waals surface area contributed by atoms with Gasteiger partial charge in [0.05, 0.1) is 18.5 Å². The van der Waals surface area contributed by atoms with Crippen LogP contribution in [-0.2, 0) is 16.1 Å². The Kier molecular flexibility index (Phi) is 10.4. The van der Waals surface area contributed by atoms with Gasteiger partial charge in [-0.15, -0.1) is 11.8 Å². The lowest BCUT2D eigenvalue weighted by molar-refractivity contribution is -0.129. The van der Waals surface area contributed by atoms with Crippen molar-refractivity contribution in [2.45, 2.75) is 56.1 Å². The summed E-state index contributed by atoms with van der Waals surface area (Å²) >= 11 is 3.51. The first-order chi connectivity index (χ1) is 17.6. The number of thioether (sulfide) groups is 2. The molecule has 2 aromatic rings. The summed E-state index contributed by atoms with van der Waals surface area (Å²) < 4.78 is 5.21. The van der Waals surface area contributed by atoms with Crippen LogP contribution in [-0.4, -0.2) is 48.3 Å². The van der Waals surface area contributed by atoms with Crippen LogP contribution in [0.3, 0.4) is 0 Å². The largest absolute Gasteiger partial charge is 0.497 e. The minimum absolute atomic E-state index is 0.0879. The molecular weight excluding hydrogens is 490 g/mol. The van der Waals surface area contributed by atoms with E-state index in [2.05, 4.69) is 28.1 Å². The maximum atomic E-state index is 13.2. The van der Waals surface area contributed by atoms with Gasteiger partial charge in [-0.2, -0.15) is 11.8 Å². The average Bonchev–Trinajstić information content (AvgIpc) is 3.43. The maximum Gasteiger partial charge on any atom is 0.243 e. The van der Waals surface area contributed by atoms with E-state index >= 15 is 0 Å². The number of hydrogen-bond acceptors (Lipinski definition) is 6. The molecule has 2 amide bonds. The molecule has 2 aromatic carbocycles. The molecule has 6 nitrogen and oxygen atoms in total. The van der Waals surface area contributed by atoms with Crippen molar-refractivity contribution in [2.24, 2.45) is 5.92 Å². The second-order valence-electron chi connectivity index (χ2n) is 9.51. The highest BCUT2D eigenvalue weighted by Crippen LogP contribution is 2.32. The van der Waals surface area contributed by atoms with Gasteiger partial charge < -0.3 is 15.4 Å². The molecule has 0 spiro atoms. The summed E-state index contributed by atoms with van der Waals surface area (Å²) in [6.45, 7) is 0.413. The third-order valence-corrected chi connectivity index (χ3v) is 9.37. The lowest BCUT2D eigenvalue weighted by Gasteiger charge is -2.24. The molecule has 1 unspecified atom stereocenters. The molecule has 2 aliphatic rings. The zero-order chi connectivity index (χ0) is 25.2. The molecular formula is C28H37N3O3S2. The Bertz CT molecular complexity index is 968. The molecule has 1 saturated carbocycles. The fourth-order valence-corrected chi connectivity index (χ4v) is 7.18. The first-order valence-corrected chi connectivity index (χ1v) is 15.0. The minimum Gasteiger partial charge on any atom is -0.497 e. The quantitative estimate of drug-likeness (QED) is 0.399. The summed E-state index contributed by atoms with van der Waals surface area (Å²) in [4.78, 5) is 26.3. The zero-order valence-electron chi connectivity index (χ0n) is 20.9. The molecule has 1 aliphatic carbocycles. The van der Waals surface area contributed by atoms with E-state index in [4.69, 9.17) is 4.74 Å². The molecule has 1 saturated heterocycles. The topological polar surface area (TPSA) is 79.5 Å². The summed E-state index contributed by atoms with van der Waals surface area (Å²) in [5.74, 6) is 3.57. The zero-order valence-corrected chi connectivity index (χ0v) is 22.5. The summed E-state index contributed by atoms with van der Waals surface area (Å²) in [5.41, 5.74) is 2.15. The van der Waals surface area contributed by atoms with Gasteiger partial charge >= 0.3 is 0 Å². The standard InChI is InChI=1S/C28H37N3O3S2/c1-34-23-14-12-20(13-15-23)16-29-26(32)24(18-35-17-21-8-4-2-5-9-21)30-27(33)25-19-36-28(31-25)22-10-6-3-7-11-22/h3,6-7,10-15,21,24-25,28,31H,2,4-5,8-9,16-19H2,1H3,(H,29,32)(H,30,33)/t24-,25-,28?/m0/s1.